The molecule has 0 saturated heterocycles. The molecule has 1 unspecified atom stereocenters. The SMILES string of the molecule is CCC(O)(CO)c1ccc(OCc2ccc3ccccc3c2)c(OC)c1. The van der Waals surface area contributed by atoms with E-state index in [1.807, 2.05) is 25.1 Å². The van der Waals surface area contributed by atoms with Gasteiger partial charge in [-0.25, -0.2) is 0 Å². The molecule has 3 aromatic rings. The third-order valence-electron chi connectivity index (χ3n) is 4.76. The number of aliphatic hydroxyl groups is 2. The van der Waals surface area contributed by atoms with Gasteiger partial charge in [-0.3, -0.25) is 0 Å². The summed E-state index contributed by atoms with van der Waals surface area (Å²) in [5, 5.41) is 22.3. The summed E-state index contributed by atoms with van der Waals surface area (Å²) in [6, 6.07) is 19.7. The van der Waals surface area contributed by atoms with Crippen LogP contribution in [-0.2, 0) is 12.2 Å². The van der Waals surface area contributed by atoms with Crippen molar-refractivity contribution in [3.8, 4) is 11.5 Å². The van der Waals surface area contributed by atoms with Gasteiger partial charge in [0.25, 0.3) is 0 Å². The van der Waals surface area contributed by atoms with Crippen LogP contribution < -0.4 is 9.47 Å². The number of ether oxygens (including phenoxy) is 2. The highest BCUT2D eigenvalue weighted by molar-refractivity contribution is 5.82. The van der Waals surface area contributed by atoms with Crippen molar-refractivity contribution in [1.29, 1.82) is 0 Å². The number of aliphatic hydroxyl groups excluding tert-OH is 1. The predicted octanol–water partition coefficient (Wildman–Crippen LogP) is 4.02. The number of hydrogen-bond donors (Lipinski definition) is 2. The zero-order chi connectivity index (χ0) is 18.6. The Balaban J connectivity index is 1.80. The fourth-order valence-corrected chi connectivity index (χ4v) is 2.97. The summed E-state index contributed by atoms with van der Waals surface area (Å²) in [5.41, 5.74) is 0.400. The van der Waals surface area contributed by atoms with Crippen LogP contribution in [0, 0.1) is 0 Å². The van der Waals surface area contributed by atoms with Gasteiger partial charge in [-0.1, -0.05) is 49.4 Å². The lowest BCUT2D eigenvalue weighted by Gasteiger charge is -2.25. The predicted molar refractivity (Wildman–Crippen MR) is 103 cm³/mol. The van der Waals surface area contributed by atoms with E-state index in [0.717, 1.165) is 5.56 Å². The van der Waals surface area contributed by atoms with Gasteiger partial charge in [0.15, 0.2) is 11.5 Å². The molecule has 0 amide bonds. The van der Waals surface area contributed by atoms with Crippen molar-refractivity contribution in [2.45, 2.75) is 25.6 Å². The van der Waals surface area contributed by atoms with E-state index in [0.29, 0.717) is 30.1 Å². The summed E-state index contributed by atoms with van der Waals surface area (Å²) >= 11 is 0. The van der Waals surface area contributed by atoms with Crippen LogP contribution in [0.2, 0.25) is 0 Å². The molecule has 1 atom stereocenters. The minimum Gasteiger partial charge on any atom is -0.493 e. The summed E-state index contributed by atoms with van der Waals surface area (Å²) in [5.74, 6) is 1.13. The number of benzene rings is 3. The molecular weight excluding hydrogens is 328 g/mol. The first-order valence-electron chi connectivity index (χ1n) is 8.72. The highest BCUT2D eigenvalue weighted by Gasteiger charge is 2.27. The molecule has 136 valence electrons. The highest BCUT2D eigenvalue weighted by atomic mass is 16.5. The van der Waals surface area contributed by atoms with E-state index in [9.17, 15) is 10.2 Å². The molecule has 4 nitrogen and oxygen atoms in total. The van der Waals surface area contributed by atoms with Gasteiger partial charge in [0, 0.05) is 0 Å². The summed E-state index contributed by atoms with van der Waals surface area (Å²) in [7, 11) is 1.56. The van der Waals surface area contributed by atoms with E-state index < -0.39 is 5.60 Å². The second kappa shape index (κ2) is 7.77. The lowest BCUT2D eigenvalue weighted by Crippen LogP contribution is -2.29. The van der Waals surface area contributed by atoms with Gasteiger partial charge in [0.2, 0.25) is 0 Å². The molecule has 0 saturated carbocycles. The Labute approximate surface area is 153 Å². The van der Waals surface area contributed by atoms with Crippen LogP contribution in [-0.4, -0.2) is 23.9 Å². The van der Waals surface area contributed by atoms with Crippen LogP contribution in [0.15, 0.2) is 60.7 Å². The first-order valence-corrected chi connectivity index (χ1v) is 8.72. The monoisotopic (exact) mass is 352 g/mol. The van der Waals surface area contributed by atoms with Gasteiger partial charge in [-0.2, -0.15) is 0 Å². The summed E-state index contributed by atoms with van der Waals surface area (Å²) in [4.78, 5) is 0. The molecule has 0 heterocycles. The largest absolute Gasteiger partial charge is 0.493 e. The van der Waals surface area contributed by atoms with Crippen molar-refractivity contribution < 1.29 is 19.7 Å². The van der Waals surface area contributed by atoms with Crippen molar-refractivity contribution in [2.75, 3.05) is 13.7 Å². The molecule has 0 spiro atoms. The van der Waals surface area contributed by atoms with Crippen molar-refractivity contribution in [2.24, 2.45) is 0 Å². The maximum absolute atomic E-state index is 10.5. The normalized spacial score (nSPS) is 13.4. The molecule has 4 heteroatoms. The van der Waals surface area contributed by atoms with Gasteiger partial charge in [0.05, 0.1) is 13.7 Å². The second-order valence-electron chi connectivity index (χ2n) is 6.38. The molecule has 0 fully saturated rings. The number of rotatable bonds is 7. The van der Waals surface area contributed by atoms with E-state index >= 15 is 0 Å². The van der Waals surface area contributed by atoms with Gasteiger partial charge >= 0.3 is 0 Å². The van der Waals surface area contributed by atoms with Gasteiger partial charge in [0.1, 0.15) is 12.2 Å². The van der Waals surface area contributed by atoms with Crippen LogP contribution in [0.3, 0.4) is 0 Å². The fraction of sp³-hybridized carbons (Fsp3) is 0.273. The molecule has 0 aliphatic rings. The maximum atomic E-state index is 10.5. The number of methoxy groups -OCH3 is 1. The Hall–Kier alpha value is -2.56. The molecule has 0 aromatic heterocycles. The minimum absolute atomic E-state index is 0.343. The molecular formula is C22H24O4. The first kappa shape index (κ1) is 18.2. The van der Waals surface area contributed by atoms with Crippen LogP contribution in [0.5, 0.6) is 11.5 Å². The first-order chi connectivity index (χ1) is 12.6. The van der Waals surface area contributed by atoms with Crippen LogP contribution >= 0.6 is 0 Å². The van der Waals surface area contributed by atoms with E-state index in [2.05, 4.69) is 24.3 Å². The maximum Gasteiger partial charge on any atom is 0.161 e. The Morgan fingerprint density at radius 3 is 2.38 bits per heavy atom. The van der Waals surface area contributed by atoms with Gasteiger partial charge in [-0.05, 0) is 46.5 Å². The summed E-state index contributed by atoms with van der Waals surface area (Å²) in [6.45, 7) is 1.90. The van der Waals surface area contributed by atoms with E-state index in [4.69, 9.17) is 9.47 Å². The average molecular weight is 352 g/mol. The topological polar surface area (TPSA) is 58.9 Å². The number of hydrogen-bond acceptors (Lipinski definition) is 4. The number of fused-ring (bicyclic) bond motifs is 1. The summed E-state index contributed by atoms with van der Waals surface area (Å²) in [6.07, 6.45) is 0.407. The third-order valence-corrected chi connectivity index (χ3v) is 4.76. The highest BCUT2D eigenvalue weighted by Crippen LogP contribution is 2.34. The quantitative estimate of drug-likeness (QED) is 0.674. The van der Waals surface area contributed by atoms with Gasteiger partial charge in [-0.15, -0.1) is 0 Å². The third kappa shape index (κ3) is 3.66. The zero-order valence-corrected chi connectivity index (χ0v) is 15.1. The van der Waals surface area contributed by atoms with Crippen molar-refractivity contribution in [3.63, 3.8) is 0 Å². The van der Waals surface area contributed by atoms with Crippen LogP contribution in [0.25, 0.3) is 10.8 Å². The molecule has 2 N–H and O–H groups in total. The standard InChI is InChI=1S/C22H24O4/c1-3-22(24,15-23)19-10-11-20(21(13-19)25-2)26-14-16-8-9-17-6-4-5-7-18(17)12-16/h4-13,23-24H,3,14-15H2,1-2H3. The molecule has 0 bridgehead atoms. The second-order valence-corrected chi connectivity index (χ2v) is 6.38. The summed E-state index contributed by atoms with van der Waals surface area (Å²) < 4.78 is 11.3. The molecule has 3 aromatic carbocycles. The average Bonchev–Trinajstić information content (AvgIpc) is 2.71. The molecule has 0 aliphatic carbocycles. The molecule has 3 rings (SSSR count). The van der Waals surface area contributed by atoms with Crippen molar-refractivity contribution >= 4 is 10.8 Å². The zero-order valence-electron chi connectivity index (χ0n) is 15.1. The smallest absolute Gasteiger partial charge is 0.161 e. The fourth-order valence-electron chi connectivity index (χ4n) is 2.97. The molecule has 26 heavy (non-hydrogen) atoms. The van der Waals surface area contributed by atoms with E-state index in [-0.39, 0.29) is 6.61 Å². The van der Waals surface area contributed by atoms with E-state index in [1.165, 1.54) is 10.8 Å². The van der Waals surface area contributed by atoms with Gasteiger partial charge < -0.3 is 19.7 Å². The Morgan fingerprint density at radius 2 is 1.69 bits per heavy atom. The Bertz CT molecular complexity index is 884. The lowest BCUT2D eigenvalue weighted by molar-refractivity contribution is -0.0224. The van der Waals surface area contributed by atoms with Crippen LogP contribution in [0.1, 0.15) is 24.5 Å². The van der Waals surface area contributed by atoms with Crippen molar-refractivity contribution in [1.82, 2.24) is 0 Å². The molecule has 0 aliphatic heterocycles. The lowest BCUT2D eigenvalue weighted by atomic mass is 9.92. The minimum atomic E-state index is -1.27. The Kier molecular flexibility index (Phi) is 5.45. The van der Waals surface area contributed by atoms with E-state index in [1.54, 1.807) is 25.3 Å². The Morgan fingerprint density at radius 1 is 0.923 bits per heavy atom. The van der Waals surface area contributed by atoms with Crippen LogP contribution in [0.4, 0.5) is 0 Å². The molecule has 0 radical (unpaired) electrons. The van der Waals surface area contributed by atoms with Crippen molar-refractivity contribution in [3.05, 3.63) is 71.8 Å².